The number of aryl methyl sites for hydroxylation is 1. The number of fused-ring (bicyclic) bond motifs is 1. The van der Waals surface area contributed by atoms with Gasteiger partial charge in [0.1, 0.15) is 5.82 Å². The second kappa shape index (κ2) is 4.80. The van der Waals surface area contributed by atoms with Crippen molar-refractivity contribution in [3.05, 3.63) is 60.5 Å². The highest BCUT2D eigenvalue weighted by Crippen LogP contribution is 2.31. The van der Waals surface area contributed by atoms with Gasteiger partial charge < -0.3 is 8.98 Å². The molecular weight excluding hydrogens is 281 g/mol. The average Bonchev–Trinajstić information content (AvgIpc) is 3.14. The van der Waals surface area contributed by atoms with E-state index in [9.17, 15) is 4.39 Å². The number of hydrogen-bond donors (Lipinski definition) is 0. The number of rotatable bonds is 2. The van der Waals surface area contributed by atoms with Crippen LogP contribution in [0, 0.1) is 5.82 Å². The fourth-order valence-corrected chi connectivity index (χ4v) is 2.55. The largest absolute Gasteiger partial charge is 0.416 e. The van der Waals surface area contributed by atoms with Crippen molar-refractivity contribution in [2.75, 3.05) is 0 Å². The predicted octanol–water partition coefficient (Wildman–Crippen LogP) is 4.03. The first-order valence-electron chi connectivity index (χ1n) is 6.86. The molecule has 22 heavy (non-hydrogen) atoms. The first-order valence-corrected chi connectivity index (χ1v) is 6.86. The number of halogens is 1. The molecule has 0 spiro atoms. The summed E-state index contributed by atoms with van der Waals surface area (Å²) in [7, 11) is 1.98. The van der Waals surface area contributed by atoms with Crippen LogP contribution in [0.3, 0.4) is 0 Å². The third-order valence-corrected chi connectivity index (χ3v) is 3.64. The van der Waals surface area contributed by atoms with Crippen molar-refractivity contribution in [1.29, 1.82) is 0 Å². The van der Waals surface area contributed by atoms with Crippen LogP contribution in [0.2, 0.25) is 0 Å². The van der Waals surface area contributed by atoms with Crippen LogP contribution >= 0.6 is 0 Å². The third kappa shape index (κ3) is 1.98. The van der Waals surface area contributed by atoms with Crippen LogP contribution in [-0.2, 0) is 7.05 Å². The summed E-state index contributed by atoms with van der Waals surface area (Å²) in [6, 6.07) is 14.0. The second-order valence-corrected chi connectivity index (χ2v) is 5.09. The third-order valence-electron chi connectivity index (χ3n) is 3.64. The summed E-state index contributed by atoms with van der Waals surface area (Å²) < 4.78 is 20.8. The molecule has 0 aliphatic heterocycles. The second-order valence-electron chi connectivity index (χ2n) is 5.09. The Kier molecular flexibility index (Phi) is 2.79. The lowest BCUT2D eigenvalue weighted by molar-refractivity contribution is 0.584. The van der Waals surface area contributed by atoms with Gasteiger partial charge in [0.15, 0.2) is 0 Å². The number of para-hydroxylation sites is 1. The van der Waals surface area contributed by atoms with Gasteiger partial charge in [0, 0.05) is 29.7 Å². The molecule has 0 N–H and O–H groups in total. The SMILES string of the molecule is Cn1cc(-c2nnc(-c3ccc(F)cc3)o2)c2ccccc21. The Bertz CT molecular complexity index is 954. The maximum atomic E-state index is 13.0. The molecule has 2 aromatic carbocycles. The molecule has 0 atom stereocenters. The predicted molar refractivity (Wildman–Crippen MR) is 81.6 cm³/mol. The lowest BCUT2D eigenvalue weighted by atomic mass is 10.2. The smallest absolute Gasteiger partial charge is 0.250 e. The van der Waals surface area contributed by atoms with Crippen LogP contribution in [0.4, 0.5) is 4.39 Å². The van der Waals surface area contributed by atoms with Crippen LogP contribution in [0.1, 0.15) is 0 Å². The van der Waals surface area contributed by atoms with E-state index in [-0.39, 0.29) is 5.82 Å². The zero-order valence-electron chi connectivity index (χ0n) is 11.8. The summed E-state index contributed by atoms with van der Waals surface area (Å²) in [5.74, 6) is 0.539. The van der Waals surface area contributed by atoms with E-state index < -0.39 is 0 Å². The molecule has 4 rings (SSSR count). The van der Waals surface area contributed by atoms with Crippen molar-refractivity contribution in [3.8, 4) is 22.9 Å². The Morgan fingerprint density at radius 1 is 0.955 bits per heavy atom. The molecule has 2 heterocycles. The molecule has 108 valence electrons. The number of hydrogen-bond acceptors (Lipinski definition) is 3. The Labute approximate surface area is 125 Å². The van der Waals surface area contributed by atoms with Crippen molar-refractivity contribution in [1.82, 2.24) is 14.8 Å². The molecule has 0 aliphatic rings. The topological polar surface area (TPSA) is 43.9 Å². The molecule has 0 saturated heterocycles. The number of aromatic nitrogens is 3. The highest BCUT2D eigenvalue weighted by Gasteiger charge is 2.15. The van der Waals surface area contributed by atoms with Gasteiger partial charge in [-0.3, -0.25) is 0 Å². The molecule has 0 aliphatic carbocycles. The highest BCUT2D eigenvalue weighted by molar-refractivity contribution is 5.94. The van der Waals surface area contributed by atoms with E-state index in [0.29, 0.717) is 17.3 Å². The van der Waals surface area contributed by atoms with Gasteiger partial charge in [-0.1, -0.05) is 18.2 Å². The summed E-state index contributed by atoms with van der Waals surface area (Å²) in [6.07, 6.45) is 1.96. The Hall–Kier alpha value is -2.95. The van der Waals surface area contributed by atoms with Gasteiger partial charge in [0.05, 0.1) is 5.56 Å². The summed E-state index contributed by atoms with van der Waals surface area (Å²) in [6.45, 7) is 0. The van der Waals surface area contributed by atoms with Crippen molar-refractivity contribution in [2.45, 2.75) is 0 Å². The zero-order chi connectivity index (χ0) is 15.1. The molecule has 5 heteroatoms. The van der Waals surface area contributed by atoms with Gasteiger partial charge in [-0.25, -0.2) is 4.39 Å². The van der Waals surface area contributed by atoms with Crippen LogP contribution in [0.15, 0.2) is 59.1 Å². The van der Waals surface area contributed by atoms with Crippen molar-refractivity contribution in [3.63, 3.8) is 0 Å². The minimum absolute atomic E-state index is 0.294. The van der Waals surface area contributed by atoms with E-state index in [1.165, 1.54) is 12.1 Å². The molecule has 0 fully saturated rings. The summed E-state index contributed by atoms with van der Waals surface area (Å²) in [4.78, 5) is 0. The van der Waals surface area contributed by atoms with Crippen LogP contribution < -0.4 is 0 Å². The number of nitrogens with zero attached hydrogens (tertiary/aromatic N) is 3. The monoisotopic (exact) mass is 293 g/mol. The molecule has 0 amide bonds. The van der Waals surface area contributed by atoms with E-state index in [1.54, 1.807) is 12.1 Å². The molecule has 0 bridgehead atoms. The molecule has 0 saturated carbocycles. The van der Waals surface area contributed by atoms with Crippen molar-refractivity contribution in [2.24, 2.45) is 7.05 Å². The van der Waals surface area contributed by atoms with Crippen LogP contribution in [0.5, 0.6) is 0 Å². The van der Waals surface area contributed by atoms with Gasteiger partial charge >= 0.3 is 0 Å². The molecule has 2 aromatic heterocycles. The molecule has 0 unspecified atom stereocenters. The van der Waals surface area contributed by atoms with E-state index in [0.717, 1.165) is 16.5 Å². The van der Waals surface area contributed by atoms with Crippen LogP contribution in [-0.4, -0.2) is 14.8 Å². The maximum absolute atomic E-state index is 13.0. The van der Waals surface area contributed by atoms with Crippen molar-refractivity contribution >= 4 is 10.9 Å². The van der Waals surface area contributed by atoms with E-state index >= 15 is 0 Å². The molecule has 4 aromatic rings. The fraction of sp³-hybridized carbons (Fsp3) is 0.0588. The Morgan fingerprint density at radius 3 is 2.50 bits per heavy atom. The standard InChI is InChI=1S/C17H12FN3O/c1-21-10-14(13-4-2-3-5-15(13)21)17-20-19-16(22-17)11-6-8-12(18)9-7-11/h2-10H,1H3. The average molecular weight is 293 g/mol. The maximum Gasteiger partial charge on any atom is 0.250 e. The van der Waals surface area contributed by atoms with Gasteiger partial charge in [-0.15, -0.1) is 10.2 Å². The highest BCUT2D eigenvalue weighted by atomic mass is 19.1. The Morgan fingerprint density at radius 2 is 1.68 bits per heavy atom. The minimum Gasteiger partial charge on any atom is -0.416 e. The lowest BCUT2D eigenvalue weighted by Crippen LogP contribution is -1.81. The zero-order valence-corrected chi connectivity index (χ0v) is 11.8. The van der Waals surface area contributed by atoms with Crippen molar-refractivity contribution < 1.29 is 8.81 Å². The lowest BCUT2D eigenvalue weighted by Gasteiger charge is -1.94. The normalized spacial score (nSPS) is 11.2. The molecule has 0 radical (unpaired) electrons. The first-order chi connectivity index (χ1) is 10.7. The van der Waals surface area contributed by atoms with E-state index in [4.69, 9.17) is 4.42 Å². The van der Waals surface area contributed by atoms with Gasteiger partial charge in [0.25, 0.3) is 0 Å². The summed E-state index contributed by atoms with van der Waals surface area (Å²) in [5.41, 5.74) is 2.68. The summed E-state index contributed by atoms with van der Waals surface area (Å²) in [5, 5.41) is 9.24. The molecular formula is C17H12FN3O. The fourth-order valence-electron chi connectivity index (χ4n) is 2.55. The number of benzene rings is 2. The van der Waals surface area contributed by atoms with E-state index in [1.807, 2.05) is 42.1 Å². The van der Waals surface area contributed by atoms with E-state index in [2.05, 4.69) is 10.2 Å². The quantitative estimate of drug-likeness (QED) is 0.560. The Balaban J connectivity index is 1.82. The van der Waals surface area contributed by atoms with Gasteiger partial charge in [-0.05, 0) is 30.3 Å². The molecule has 4 nitrogen and oxygen atoms in total. The summed E-state index contributed by atoms with van der Waals surface area (Å²) >= 11 is 0. The van der Waals surface area contributed by atoms with Crippen LogP contribution in [0.25, 0.3) is 33.8 Å². The van der Waals surface area contributed by atoms with Gasteiger partial charge in [-0.2, -0.15) is 0 Å². The first kappa shape index (κ1) is 12.8. The van der Waals surface area contributed by atoms with Gasteiger partial charge in [0.2, 0.25) is 11.8 Å². The minimum atomic E-state index is -0.294.